The smallest absolute Gasteiger partial charge is 0.382 e. The molecule has 95 heavy (non-hydrogen) atoms. The van der Waals surface area contributed by atoms with Crippen molar-refractivity contribution in [3.8, 4) is 11.3 Å². The van der Waals surface area contributed by atoms with Crippen LogP contribution in [0, 0.1) is 0 Å². The molecule has 0 aliphatic rings. The van der Waals surface area contributed by atoms with Crippen LogP contribution in [-0.2, 0) is 87.1 Å². The summed E-state index contributed by atoms with van der Waals surface area (Å²) in [6.45, 7) is 23.3. The first-order valence-electron chi connectivity index (χ1n) is 32.9. The Hall–Kier alpha value is -6.49. The Balaban J connectivity index is 0.000000576. The van der Waals surface area contributed by atoms with Gasteiger partial charge in [-0.15, -0.1) is 0 Å². The summed E-state index contributed by atoms with van der Waals surface area (Å²) in [4.78, 5) is 46.0. The number of methoxy groups -OCH3 is 1. The third-order valence-electron chi connectivity index (χ3n) is 13.9. The van der Waals surface area contributed by atoms with Gasteiger partial charge < -0.3 is 82.4 Å². The van der Waals surface area contributed by atoms with E-state index >= 15 is 0 Å². The summed E-state index contributed by atoms with van der Waals surface area (Å²) in [5.41, 5.74) is 5.48. The largest absolute Gasteiger partial charge is 0.416 e. The Morgan fingerprint density at radius 3 is 1.41 bits per heavy atom. The number of nitrogens with zero attached hydrogens (tertiary/aromatic N) is 2. The minimum atomic E-state index is -4.49. The maximum atomic E-state index is 13.7. The summed E-state index contributed by atoms with van der Waals surface area (Å²) in [6, 6.07) is 28.7. The number of benzene rings is 4. The fourth-order valence-corrected chi connectivity index (χ4v) is 9.02. The Morgan fingerprint density at radius 2 is 0.905 bits per heavy atom. The summed E-state index contributed by atoms with van der Waals surface area (Å²) in [6.07, 6.45) is 0.422. The number of hydrogen-bond donors (Lipinski definition) is 3. The van der Waals surface area contributed by atoms with Gasteiger partial charge in [-0.05, 0) is 123 Å². The van der Waals surface area contributed by atoms with Gasteiger partial charge in [0.15, 0.2) is 0 Å². The van der Waals surface area contributed by atoms with E-state index in [9.17, 15) is 27.6 Å². The summed E-state index contributed by atoms with van der Waals surface area (Å²) in [5.74, 6) is -0.905. The Labute approximate surface area is 559 Å². The van der Waals surface area contributed by atoms with E-state index in [2.05, 4.69) is 32.8 Å². The Kier molecular flexibility index (Phi) is 44.1. The van der Waals surface area contributed by atoms with Crippen LogP contribution in [0.4, 0.5) is 24.5 Å². The van der Waals surface area contributed by atoms with E-state index < -0.39 is 17.6 Å². The van der Waals surface area contributed by atoms with Gasteiger partial charge in [0.2, 0.25) is 0 Å². The van der Waals surface area contributed by atoms with E-state index in [0.717, 1.165) is 67.9 Å². The third-order valence-corrected chi connectivity index (χ3v) is 13.9. The topological polar surface area (TPSA) is 223 Å². The molecule has 5 rings (SSSR count). The number of halogens is 3. The summed E-state index contributed by atoms with van der Waals surface area (Å²) < 4.78 is 110. The highest BCUT2D eigenvalue weighted by Crippen LogP contribution is 2.33. The lowest BCUT2D eigenvalue weighted by atomic mass is 10.0. The normalized spacial score (nSPS) is 11.3. The maximum absolute atomic E-state index is 13.7. The van der Waals surface area contributed by atoms with E-state index in [-0.39, 0.29) is 23.9 Å². The number of amides is 3. The molecule has 21 nitrogen and oxygen atoms in total. The molecule has 0 aliphatic carbocycles. The molecule has 0 aliphatic heterocycles. The van der Waals surface area contributed by atoms with Crippen LogP contribution in [0.5, 0.6) is 0 Å². The van der Waals surface area contributed by atoms with Crippen molar-refractivity contribution >= 4 is 29.1 Å². The van der Waals surface area contributed by atoms with Crippen molar-refractivity contribution in [1.82, 2.24) is 15.6 Å². The number of nitrogens with one attached hydrogen (secondary N) is 3. The summed E-state index contributed by atoms with van der Waals surface area (Å²) in [5, 5.41) is 8.63. The number of aryl methyl sites for hydroxylation is 2. The molecule has 3 amide bonds. The number of pyridine rings is 1. The van der Waals surface area contributed by atoms with Crippen LogP contribution in [-0.4, -0.2) is 215 Å². The molecule has 3 N–H and O–H groups in total. The second-order valence-electron chi connectivity index (χ2n) is 21.1. The number of carbonyl (C=O) groups is 3. The predicted octanol–water partition coefficient (Wildman–Crippen LogP) is 9.96. The molecule has 528 valence electrons. The lowest BCUT2D eigenvalue weighted by Gasteiger charge is -2.23. The van der Waals surface area contributed by atoms with Gasteiger partial charge in [0.1, 0.15) is 0 Å². The standard InChI is InChI=1S/C52H62F3N5O7.C19H40O9/c1-4-11-38-12-7-16-41(32-38)49(61)57-23-25-65-27-29-67-31-30-66-28-26-64-24-10-15-39-13-8-17-42(33-39)51(63)59-47-20-19-45(60(5-2)6-3)36-46(47)48-35-43(21-22-56-48)50(62)58-37-40-14-9-18-44(34-40)52(53,54)55;1-3-21-6-7-23-10-11-25-14-15-27-18-19-28-17-16-26-13-12-24-9-8-22-5-4-20-2/h7-9,12-14,16-22,32-36H,4-6,10-11,15,23-31,37H2,1-3H3,(H,57,61)(H,58,62)(H,59,63);3-19H2,1-2H3. The number of aromatic nitrogens is 1. The van der Waals surface area contributed by atoms with Crippen LogP contribution in [0.1, 0.15) is 93.9 Å². The highest BCUT2D eigenvalue weighted by molar-refractivity contribution is 6.06. The van der Waals surface area contributed by atoms with Crippen molar-refractivity contribution in [3.63, 3.8) is 0 Å². The number of rotatable bonds is 53. The van der Waals surface area contributed by atoms with Crippen molar-refractivity contribution in [2.75, 3.05) is 202 Å². The molecule has 0 bridgehead atoms. The van der Waals surface area contributed by atoms with Crippen molar-refractivity contribution in [1.29, 1.82) is 0 Å². The molecule has 0 radical (unpaired) electrons. The molecule has 0 spiro atoms. The van der Waals surface area contributed by atoms with Gasteiger partial charge in [0.05, 0.1) is 169 Å². The fraction of sp³-hybridized carbons (Fsp3) is 0.549. The number of ether oxygens (including phenoxy) is 13. The molecular formula is C71H102F3N5O16. The molecule has 1 heterocycles. The minimum Gasteiger partial charge on any atom is -0.382 e. The zero-order valence-corrected chi connectivity index (χ0v) is 56.3. The second-order valence-corrected chi connectivity index (χ2v) is 21.1. The van der Waals surface area contributed by atoms with Gasteiger partial charge >= 0.3 is 6.18 Å². The van der Waals surface area contributed by atoms with E-state index in [1.807, 2.05) is 81.4 Å². The monoisotopic (exact) mass is 1340 g/mol. The number of alkyl halides is 3. The molecule has 0 atom stereocenters. The van der Waals surface area contributed by atoms with Crippen LogP contribution >= 0.6 is 0 Å². The minimum absolute atomic E-state index is 0.0995. The van der Waals surface area contributed by atoms with Gasteiger partial charge in [-0.1, -0.05) is 49.7 Å². The van der Waals surface area contributed by atoms with E-state index in [1.54, 1.807) is 19.2 Å². The first-order valence-corrected chi connectivity index (χ1v) is 32.9. The average molecular weight is 1340 g/mol. The molecule has 24 heteroatoms. The van der Waals surface area contributed by atoms with Crippen molar-refractivity contribution in [2.24, 2.45) is 0 Å². The summed E-state index contributed by atoms with van der Waals surface area (Å²) in [7, 11) is 1.65. The quantitative estimate of drug-likeness (QED) is 0.0308. The molecular weight excluding hydrogens is 1240 g/mol. The molecule has 1 aromatic heterocycles. The van der Waals surface area contributed by atoms with Gasteiger partial charge in [-0.3, -0.25) is 19.4 Å². The molecule has 0 saturated carbocycles. The highest BCUT2D eigenvalue weighted by atomic mass is 19.4. The third kappa shape index (κ3) is 36.4. The summed E-state index contributed by atoms with van der Waals surface area (Å²) >= 11 is 0. The SMILES string of the molecule is CCCc1cccc(C(=O)NCCOCCOCCOCCOCCCc2cccc(C(=O)Nc3ccc(N(CC)CC)cc3-c3cc(C(=O)NCc4cccc(C(F)(F)F)c4)ccn3)c2)c1.CCOCCOCCOCCOCCOCCOCCOCCOCCOC. The predicted molar refractivity (Wildman–Crippen MR) is 359 cm³/mol. The van der Waals surface area contributed by atoms with Crippen LogP contribution in [0.25, 0.3) is 11.3 Å². The first kappa shape index (κ1) is 80.9. The zero-order valence-electron chi connectivity index (χ0n) is 56.3. The van der Waals surface area contributed by atoms with Crippen LogP contribution < -0.4 is 20.9 Å². The first-order chi connectivity index (χ1) is 46.4. The number of hydrogen-bond acceptors (Lipinski definition) is 18. The average Bonchev–Trinajstić information content (AvgIpc) is 0.865. The highest BCUT2D eigenvalue weighted by Gasteiger charge is 2.30. The molecule has 5 aromatic rings. The van der Waals surface area contributed by atoms with E-state index in [4.69, 9.17) is 61.6 Å². The zero-order chi connectivity index (χ0) is 68.2. The molecule has 0 saturated heterocycles. The van der Waals surface area contributed by atoms with Crippen molar-refractivity contribution in [3.05, 3.63) is 148 Å². The van der Waals surface area contributed by atoms with Crippen LogP contribution in [0.2, 0.25) is 0 Å². The van der Waals surface area contributed by atoms with Gasteiger partial charge in [0.25, 0.3) is 17.7 Å². The van der Waals surface area contributed by atoms with Gasteiger partial charge in [-0.25, -0.2) is 0 Å². The van der Waals surface area contributed by atoms with E-state index in [0.29, 0.717) is 205 Å². The van der Waals surface area contributed by atoms with Gasteiger partial charge in [-0.2, -0.15) is 13.2 Å². The molecule has 0 fully saturated rings. The van der Waals surface area contributed by atoms with Crippen LogP contribution in [0.15, 0.2) is 109 Å². The molecule has 4 aromatic carbocycles. The van der Waals surface area contributed by atoms with E-state index in [1.165, 1.54) is 24.4 Å². The number of anilines is 2. The van der Waals surface area contributed by atoms with Crippen LogP contribution in [0.3, 0.4) is 0 Å². The Morgan fingerprint density at radius 1 is 0.453 bits per heavy atom. The van der Waals surface area contributed by atoms with Crippen molar-refractivity contribution < 1.29 is 89.1 Å². The fourth-order valence-electron chi connectivity index (χ4n) is 9.02. The maximum Gasteiger partial charge on any atom is 0.416 e. The number of carbonyl (C=O) groups excluding carboxylic acids is 3. The lowest BCUT2D eigenvalue weighted by Crippen LogP contribution is -2.27. The Bertz CT molecular complexity index is 2810. The second kappa shape index (κ2) is 51.7. The van der Waals surface area contributed by atoms with Gasteiger partial charge in [0, 0.05) is 80.6 Å². The molecule has 0 unspecified atom stereocenters. The van der Waals surface area contributed by atoms with Crippen molar-refractivity contribution in [2.45, 2.75) is 66.1 Å². The lowest BCUT2D eigenvalue weighted by molar-refractivity contribution is -0.137.